The zero-order chi connectivity index (χ0) is 19.1. The summed E-state index contributed by atoms with van der Waals surface area (Å²) >= 11 is 0. The van der Waals surface area contributed by atoms with Crippen molar-refractivity contribution in [1.82, 2.24) is 10.6 Å². The molecule has 1 aromatic carbocycles. The van der Waals surface area contributed by atoms with Gasteiger partial charge in [0.15, 0.2) is 5.96 Å². The number of sulfone groups is 1. The Morgan fingerprint density at radius 2 is 1.88 bits per heavy atom. The van der Waals surface area contributed by atoms with Gasteiger partial charge in [-0.3, -0.25) is 4.99 Å². The second-order valence-electron chi connectivity index (χ2n) is 7.05. The Morgan fingerprint density at radius 3 is 2.40 bits per heavy atom. The Labute approximate surface area is 151 Å². The molecule has 5 nitrogen and oxygen atoms in total. The number of halogens is 1. The van der Waals surface area contributed by atoms with Gasteiger partial charge in [-0.2, -0.15) is 0 Å². The first-order chi connectivity index (χ1) is 11.5. The molecule has 2 N–H and O–H groups in total. The summed E-state index contributed by atoms with van der Waals surface area (Å²) in [4.78, 5) is 4.62. The lowest BCUT2D eigenvalue weighted by molar-refractivity contribution is 0.531. The molecule has 0 aliphatic rings. The fraction of sp³-hybridized carbons (Fsp3) is 0.611. The maximum Gasteiger partial charge on any atom is 0.191 e. The van der Waals surface area contributed by atoms with E-state index in [1.807, 2.05) is 13.8 Å². The molecule has 0 fully saturated rings. The Hall–Kier alpha value is -1.63. The molecule has 25 heavy (non-hydrogen) atoms. The van der Waals surface area contributed by atoms with Gasteiger partial charge in [0.25, 0.3) is 0 Å². The van der Waals surface area contributed by atoms with Crippen LogP contribution in [0.4, 0.5) is 4.39 Å². The van der Waals surface area contributed by atoms with E-state index in [-0.39, 0.29) is 23.0 Å². The lowest BCUT2D eigenvalue weighted by Gasteiger charge is -2.24. The summed E-state index contributed by atoms with van der Waals surface area (Å²) < 4.78 is 35.7. The summed E-state index contributed by atoms with van der Waals surface area (Å²) in [5.41, 5.74) is 0.769. The molecule has 1 unspecified atom stereocenters. The maximum atomic E-state index is 13.1. The minimum absolute atomic E-state index is 0.0125. The van der Waals surface area contributed by atoms with Gasteiger partial charge in [0.1, 0.15) is 15.7 Å². The molecular formula is C18H30FN3O2S. The van der Waals surface area contributed by atoms with Crippen molar-refractivity contribution < 1.29 is 12.8 Å². The van der Waals surface area contributed by atoms with E-state index < -0.39 is 9.84 Å². The molecule has 7 heteroatoms. The fourth-order valence-electron chi connectivity index (χ4n) is 2.29. The van der Waals surface area contributed by atoms with E-state index >= 15 is 0 Å². The highest BCUT2D eigenvalue weighted by Gasteiger charge is 2.20. The maximum absolute atomic E-state index is 13.1. The highest BCUT2D eigenvalue weighted by Crippen LogP contribution is 2.23. The molecule has 1 aromatic rings. The Balaban J connectivity index is 2.75. The largest absolute Gasteiger partial charge is 0.357 e. The number of hydrogen-bond acceptors (Lipinski definition) is 3. The van der Waals surface area contributed by atoms with E-state index in [9.17, 15) is 12.8 Å². The van der Waals surface area contributed by atoms with Gasteiger partial charge in [-0.1, -0.05) is 26.0 Å². The molecule has 0 amide bonds. The number of hydrogen-bond donors (Lipinski definition) is 2. The topological polar surface area (TPSA) is 70.6 Å². The molecule has 0 aliphatic heterocycles. The predicted molar refractivity (Wildman–Crippen MR) is 102 cm³/mol. The summed E-state index contributed by atoms with van der Waals surface area (Å²) in [5, 5.41) is 6.41. The van der Waals surface area contributed by atoms with Gasteiger partial charge in [-0.05, 0) is 38.0 Å². The third kappa shape index (κ3) is 8.34. The van der Waals surface area contributed by atoms with Gasteiger partial charge >= 0.3 is 0 Å². The van der Waals surface area contributed by atoms with Crippen LogP contribution in [0.3, 0.4) is 0 Å². The van der Waals surface area contributed by atoms with Gasteiger partial charge in [0, 0.05) is 24.3 Å². The molecule has 1 atom stereocenters. The number of nitrogens with zero attached hydrogens (tertiary/aromatic N) is 1. The molecule has 0 radical (unpaired) electrons. The van der Waals surface area contributed by atoms with Crippen LogP contribution in [-0.2, 0) is 15.3 Å². The summed E-state index contributed by atoms with van der Waals surface area (Å²) in [5.74, 6) is 0.540. The monoisotopic (exact) mass is 371 g/mol. The van der Waals surface area contributed by atoms with Crippen molar-refractivity contribution in [3.05, 3.63) is 35.6 Å². The first kappa shape index (κ1) is 21.4. The zero-order valence-corrected chi connectivity index (χ0v) is 16.6. The van der Waals surface area contributed by atoms with Crippen LogP contribution < -0.4 is 10.6 Å². The average molecular weight is 372 g/mol. The molecule has 0 aliphatic carbocycles. The van der Waals surface area contributed by atoms with E-state index in [4.69, 9.17) is 0 Å². The standard InChI is InChI=1S/C18H30FN3O2S/c1-6-20-17(22-14(2)11-12-25(5,23)24)21-13-18(3,4)15-7-9-16(19)10-8-15/h7-10,14H,6,11-13H2,1-5H3,(H2,20,21,22). The average Bonchev–Trinajstić information content (AvgIpc) is 2.51. The SMILES string of the molecule is CCNC(=NCC(C)(C)c1ccc(F)cc1)NC(C)CCS(C)(=O)=O. The van der Waals surface area contributed by atoms with Gasteiger partial charge in [0.2, 0.25) is 0 Å². The highest BCUT2D eigenvalue weighted by atomic mass is 32.2. The summed E-state index contributed by atoms with van der Waals surface area (Å²) in [6.07, 6.45) is 1.76. The summed E-state index contributed by atoms with van der Waals surface area (Å²) in [6.45, 7) is 9.25. The second-order valence-corrected chi connectivity index (χ2v) is 9.31. The summed E-state index contributed by atoms with van der Waals surface area (Å²) in [7, 11) is -2.97. The molecule has 0 heterocycles. The molecule has 0 aromatic heterocycles. The van der Waals surface area contributed by atoms with Crippen molar-refractivity contribution in [3.8, 4) is 0 Å². The van der Waals surface area contributed by atoms with Gasteiger partial charge in [0.05, 0.1) is 12.3 Å². The molecule has 0 saturated heterocycles. The highest BCUT2D eigenvalue weighted by molar-refractivity contribution is 7.90. The summed E-state index contributed by atoms with van der Waals surface area (Å²) in [6, 6.07) is 6.45. The van der Waals surface area contributed by atoms with Gasteiger partial charge < -0.3 is 10.6 Å². The van der Waals surface area contributed by atoms with Gasteiger partial charge in [-0.25, -0.2) is 12.8 Å². The lowest BCUT2D eigenvalue weighted by Crippen LogP contribution is -2.43. The third-order valence-electron chi connectivity index (χ3n) is 3.91. The van der Waals surface area contributed by atoms with Crippen LogP contribution in [-0.4, -0.2) is 45.5 Å². The van der Waals surface area contributed by atoms with Crippen LogP contribution in [0, 0.1) is 5.82 Å². The van der Waals surface area contributed by atoms with Crippen LogP contribution in [0.1, 0.15) is 39.7 Å². The number of guanidine groups is 1. The van der Waals surface area contributed by atoms with Crippen molar-refractivity contribution in [2.24, 2.45) is 4.99 Å². The molecule has 0 bridgehead atoms. The molecule has 0 spiro atoms. The lowest BCUT2D eigenvalue weighted by atomic mass is 9.85. The smallest absolute Gasteiger partial charge is 0.191 e. The molecule has 0 saturated carbocycles. The zero-order valence-electron chi connectivity index (χ0n) is 15.8. The second kappa shape index (κ2) is 9.17. The van der Waals surface area contributed by atoms with Crippen molar-refractivity contribution in [1.29, 1.82) is 0 Å². The quantitative estimate of drug-likeness (QED) is 0.544. The van der Waals surface area contributed by atoms with Crippen molar-refractivity contribution >= 4 is 15.8 Å². The van der Waals surface area contributed by atoms with Crippen LogP contribution in [0.2, 0.25) is 0 Å². The Morgan fingerprint density at radius 1 is 1.28 bits per heavy atom. The molecule has 1 rings (SSSR count). The van der Waals surface area contributed by atoms with Crippen molar-refractivity contribution in [3.63, 3.8) is 0 Å². The first-order valence-corrected chi connectivity index (χ1v) is 10.6. The van der Waals surface area contributed by atoms with Crippen LogP contribution in [0.5, 0.6) is 0 Å². The van der Waals surface area contributed by atoms with Crippen molar-refractivity contribution in [2.75, 3.05) is 25.1 Å². The molecular weight excluding hydrogens is 341 g/mol. The predicted octanol–water partition coefficient (Wildman–Crippen LogP) is 2.48. The minimum atomic E-state index is -2.97. The van der Waals surface area contributed by atoms with E-state index in [0.717, 1.165) is 5.56 Å². The Kier molecular flexibility index (Phi) is 7.86. The fourth-order valence-corrected chi connectivity index (χ4v) is 3.07. The van der Waals surface area contributed by atoms with Gasteiger partial charge in [-0.15, -0.1) is 0 Å². The number of nitrogens with one attached hydrogen (secondary N) is 2. The number of rotatable bonds is 8. The molecule has 142 valence electrons. The number of aliphatic imine (C=N–C) groups is 1. The van der Waals surface area contributed by atoms with E-state index in [1.165, 1.54) is 18.4 Å². The number of benzene rings is 1. The van der Waals surface area contributed by atoms with Crippen LogP contribution >= 0.6 is 0 Å². The van der Waals surface area contributed by atoms with E-state index in [0.29, 0.717) is 25.5 Å². The third-order valence-corrected chi connectivity index (χ3v) is 4.88. The van der Waals surface area contributed by atoms with Crippen LogP contribution in [0.25, 0.3) is 0 Å². The first-order valence-electron chi connectivity index (χ1n) is 8.52. The minimum Gasteiger partial charge on any atom is -0.357 e. The Bertz CT molecular complexity index is 670. The normalized spacial score (nSPS) is 14.2. The van der Waals surface area contributed by atoms with Crippen LogP contribution in [0.15, 0.2) is 29.3 Å². The van der Waals surface area contributed by atoms with E-state index in [2.05, 4.69) is 29.5 Å². The van der Waals surface area contributed by atoms with E-state index in [1.54, 1.807) is 12.1 Å². The van der Waals surface area contributed by atoms with Crippen molar-refractivity contribution in [2.45, 2.75) is 45.6 Å².